The van der Waals surface area contributed by atoms with Crippen LogP contribution in [0.15, 0.2) is 0 Å². The minimum atomic E-state index is -4.56. The highest BCUT2D eigenvalue weighted by Crippen LogP contribution is 2.69. The number of carbonyl (C=O) groups excluding carboxylic acids is 2. The smallest absolute Gasteiger partial charge is 0.417 e. The van der Waals surface area contributed by atoms with Crippen molar-refractivity contribution in [3.05, 3.63) is 0 Å². The van der Waals surface area contributed by atoms with Gasteiger partial charge < -0.3 is 14.6 Å². The molecule has 4 fully saturated rings. The van der Waals surface area contributed by atoms with Crippen LogP contribution in [0, 0.1) is 46.3 Å². The van der Waals surface area contributed by atoms with Crippen molar-refractivity contribution in [2.45, 2.75) is 155 Å². The first kappa shape index (κ1) is 33.6. The summed E-state index contributed by atoms with van der Waals surface area (Å²) in [7, 11) is 0. The molecule has 4 aliphatic carbocycles. The van der Waals surface area contributed by atoms with E-state index in [-0.39, 0.29) is 60.0 Å². The molecule has 5 nitrogen and oxygen atoms in total. The summed E-state index contributed by atoms with van der Waals surface area (Å²) in [5, 5.41) is 10.5. The van der Waals surface area contributed by atoms with Crippen molar-refractivity contribution in [2.24, 2.45) is 46.3 Å². The van der Waals surface area contributed by atoms with Crippen molar-refractivity contribution >= 4 is 11.9 Å². The molecular formula is C34H55F3O5. The zero-order valence-corrected chi connectivity index (χ0v) is 26.9. The summed E-state index contributed by atoms with van der Waals surface area (Å²) < 4.78 is 52.3. The van der Waals surface area contributed by atoms with Crippen molar-refractivity contribution in [1.29, 1.82) is 0 Å². The Kier molecular flexibility index (Phi) is 9.51. The Hall–Kier alpha value is -1.31. The third-order valence-electron chi connectivity index (χ3n) is 12.5. The van der Waals surface area contributed by atoms with E-state index in [1.807, 2.05) is 27.7 Å². The van der Waals surface area contributed by atoms with Crippen LogP contribution in [-0.2, 0) is 19.1 Å². The summed E-state index contributed by atoms with van der Waals surface area (Å²) in [4.78, 5) is 24.6. The Morgan fingerprint density at radius 2 is 1.48 bits per heavy atom. The SMILES string of the molecule is C[C@@H]([C@H]1CC[C@H]2[C@@H]3CC[C@@H]4C[C@@](O)(C(F)(F)F)CC[C@]4(C)[C@H]3CC[C@]12C)[C@@H](C)OC(=O)CCCCC(=O)OC(C)(C)C. The first-order valence-corrected chi connectivity index (χ1v) is 16.5. The van der Waals surface area contributed by atoms with Gasteiger partial charge >= 0.3 is 18.1 Å². The molecule has 0 spiro atoms. The third kappa shape index (κ3) is 6.54. The molecule has 1 N–H and O–H groups in total. The van der Waals surface area contributed by atoms with E-state index in [1.165, 1.54) is 0 Å². The molecule has 0 aromatic carbocycles. The van der Waals surface area contributed by atoms with Crippen LogP contribution in [0.1, 0.15) is 132 Å². The summed E-state index contributed by atoms with van der Waals surface area (Å²) in [6, 6.07) is 0. The van der Waals surface area contributed by atoms with Crippen LogP contribution >= 0.6 is 0 Å². The number of aliphatic hydroxyl groups is 1. The number of ether oxygens (including phenoxy) is 2. The largest absolute Gasteiger partial charge is 0.462 e. The van der Waals surface area contributed by atoms with Gasteiger partial charge in [-0.1, -0.05) is 20.8 Å². The standard InChI is InChI=1S/C34H55F3O5/c1-21(22(2)41-28(38)10-8-9-11-29(39)42-30(3,4)5)25-14-15-26-24-13-12-23-20-33(40,34(35,36)37)19-18-31(23,6)27(24)16-17-32(25,26)7/h21-27,40H,8-20H2,1-7H3/t21-,22-,23-,24+,25-,26+,27+,31+,32-,33-/m1/s1. The van der Waals surface area contributed by atoms with Crippen LogP contribution in [-0.4, -0.2) is 40.5 Å². The topological polar surface area (TPSA) is 72.8 Å². The Bertz CT molecular complexity index is 991. The minimum absolute atomic E-state index is 0.0804. The Morgan fingerprint density at radius 3 is 2.10 bits per heavy atom. The molecule has 42 heavy (non-hydrogen) atoms. The lowest BCUT2D eigenvalue weighted by molar-refractivity contribution is -0.290. The molecule has 4 aliphatic rings. The molecule has 4 rings (SSSR count). The number of unbranched alkanes of at least 4 members (excludes halogenated alkanes) is 1. The zero-order valence-electron chi connectivity index (χ0n) is 26.9. The van der Waals surface area contributed by atoms with Gasteiger partial charge in [-0.15, -0.1) is 0 Å². The normalized spacial score (nSPS) is 39.8. The van der Waals surface area contributed by atoms with E-state index in [1.54, 1.807) is 0 Å². The van der Waals surface area contributed by atoms with Crippen molar-refractivity contribution < 1.29 is 37.3 Å². The first-order chi connectivity index (χ1) is 19.3. The van der Waals surface area contributed by atoms with Gasteiger partial charge in [-0.05, 0) is 145 Å². The quantitative estimate of drug-likeness (QED) is 0.224. The van der Waals surface area contributed by atoms with Gasteiger partial charge in [0.2, 0.25) is 0 Å². The molecule has 0 bridgehead atoms. The highest BCUT2D eigenvalue weighted by atomic mass is 19.4. The van der Waals surface area contributed by atoms with E-state index in [0.717, 1.165) is 38.5 Å². The molecule has 242 valence electrons. The zero-order chi connectivity index (χ0) is 31.3. The lowest BCUT2D eigenvalue weighted by atomic mass is 9.43. The molecular weight excluding hydrogens is 545 g/mol. The molecule has 0 unspecified atom stereocenters. The number of hydrogen-bond acceptors (Lipinski definition) is 5. The number of fused-ring (bicyclic) bond motifs is 5. The van der Waals surface area contributed by atoms with Gasteiger partial charge in [0.1, 0.15) is 11.7 Å². The maximum Gasteiger partial charge on any atom is 0.417 e. The van der Waals surface area contributed by atoms with Gasteiger partial charge in [0.25, 0.3) is 0 Å². The maximum atomic E-state index is 13.7. The molecule has 8 heteroatoms. The number of hydrogen-bond donors (Lipinski definition) is 1. The molecule has 0 heterocycles. The highest BCUT2D eigenvalue weighted by molar-refractivity contribution is 5.71. The molecule has 0 aromatic rings. The van der Waals surface area contributed by atoms with E-state index in [4.69, 9.17) is 9.47 Å². The van der Waals surface area contributed by atoms with Gasteiger partial charge in [0.15, 0.2) is 5.60 Å². The number of halogens is 3. The lowest BCUT2D eigenvalue weighted by Crippen LogP contribution is -2.59. The predicted octanol–water partition coefficient (Wildman–Crippen LogP) is 8.41. The second-order valence-electron chi connectivity index (χ2n) is 16.0. The summed E-state index contributed by atoms with van der Waals surface area (Å²) in [6.45, 7) is 14.4. The van der Waals surface area contributed by atoms with Gasteiger partial charge in [0, 0.05) is 12.8 Å². The number of esters is 2. The number of alkyl halides is 3. The summed E-state index contributed by atoms with van der Waals surface area (Å²) in [5.74, 6) is 1.58. The summed E-state index contributed by atoms with van der Waals surface area (Å²) in [5.41, 5.74) is -3.04. The van der Waals surface area contributed by atoms with Crippen LogP contribution in [0.2, 0.25) is 0 Å². The fourth-order valence-corrected chi connectivity index (χ4v) is 10.0. The van der Waals surface area contributed by atoms with Crippen LogP contribution < -0.4 is 0 Å². The Morgan fingerprint density at radius 1 is 0.857 bits per heavy atom. The molecule has 0 aliphatic heterocycles. The maximum absolute atomic E-state index is 13.7. The molecule has 0 saturated heterocycles. The van der Waals surface area contributed by atoms with Crippen molar-refractivity contribution in [3.8, 4) is 0 Å². The van der Waals surface area contributed by atoms with Gasteiger partial charge in [-0.25, -0.2) is 0 Å². The van der Waals surface area contributed by atoms with E-state index in [9.17, 15) is 27.9 Å². The van der Waals surface area contributed by atoms with Crippen LogP contribution in [0.4, 0.5) is 13.2 Å². The molecule has 0 radical (unpaired) electrons. The van der Waals surface area contributed by atoms with Crippen molar-refractivity contribution in [2.75, 3.05) is 0 Å². The van der Waals surface area contributed by atoms with Crippen LogP contribution in [0.25, 0.3) is 0 Å². The van der Waals surface area contributed by atoms with Crippen molar-refractivity contribution in [3.63, 3.8) is 0 Å². The highest BCUT2D eigenvalue weighted by Gasteiger charge is 2.65. The van der Waals surface area contributed by atoms with E-state index < -0.39 is 17.4 Å². The minimum Gasteiger partial charge on any atom is -0.462 e. The van der Waals surface area contributed by atoms with Crippen LogP contribution in [0.3, 0.4) is 0 Å². The van der Waals surface area contributed by atoms with E-state index in [0.29, 0.717) is 49.4 Å². The van der Waals surface area contributed by atoms with E-state index >= 15 is 0 Å². The molecule has 0 amide bonds. The lowest BCUT2D eigenvalue weighted by Gasteiger charge is -2.62. The second kappa shape index (κ2) is 11.9. The Labute approximate surface area is 251 Å². The summed E-state index contributed by atoms with van der Waals surface area (Å²) >= 11 is 0. The van der Waals surface area contributed by atoms with Gasteiger partial charge in [-0.3, -0.25) is 9.59 Å². The number of rotatable bonds is 8. The predicted molar refractivity (Wildman–Crippen MR) is 155 cm³/mol. The first-order valence-electron chi connectivity index (χ1n) is 16.5. The van der Waals surface area contributed by atoms with Gasteiger partial charge in [-0.2, -0.15) is 13.2 Å². The average Bonchev–Trinajstić information content (AvgIpc) is 3.22. The monoisotopic (exact) mass is 600 g/mol. The fraction of sp³-hybridized carbons (Fsp3) is 0.941. The third-order valence-corrected chi connectivity index (χ3v) is 12.5. The van der Waals surface area contributed by atoms with Gasteiger partial charge in [0.05, 0.1) is 0 Å². The molecule has 0 aromatic heterocycles. The molecule has 4 saturated carbocycles. The fourth-order valence-electron chi connectivity index (χ4n) is 10.0. The second-order valence-corrected chi connectivity index (χ2v) is 16.0. The summed E-state index contributed by atoms with van der Waals surface area (Å²) in [6.07, 6.45) is 3.15. The van der Waals surface area contributed by atoms with Crippen LogP contribution in [0.5, 0.6) is 0 Å². The van der Waals surface area contributed by atoms with E-state index in [2.05, 4.69) is 20.8 Å². The average molecular weight is 601 g/mol. The Balaban J connectivity index is 1.31. The number of carbonyl (C=O) groups is 2. The van der Waals surface area contributed by atoms with Crippen molar-refractivity contribution in [1.82, 2.24) is 0 Å². The molecule has 10 atom stereocenters.